The van der Waals surface area contributed by atoms with Crippen LogP contribution in [0.4, 0.5) is 0 Å². The Labute approximate surface area is 76.8 Å². The minimum atomic E-state index is 0.209. The van der Waals surface area contributed by atoms with Crippen molar-refractivity contribution in [2.24, 2.45) is 16.6 Å². The van der Waals surface area contributed by atoms with Crippen LogP contribution in [0.2, 0.25) is 0 Å². The molecule has 0 saturated carbocycles. The highest BCUT2D eigenvalue weighted by molar-refractivity contribution is 5.81. The molecule has 0 aliphatic heterocycles. The van der Waals surface area contributed by atoms with Crippen LogP contribution in [0.3, 0.4) is 0 Å². The van der Waals surface area contributed by atoms with Crippen molar-refractivity contribution in [3.05, 3.63) is 35.4 Å². The van der Waals surface area contributed by atoms with E-state index in [-0.39, 0.29) is 5.84 Å². The van der Waals surface area contributed by atoms with Crippen LogP contribution in [0.5, 0.6) is 0 Å². The lowest BCUT2D eigenvalue weighted by Gasteiger charge is -2.00. The highest BCUT2D eigenvalue weighted by Crippen LogP contribution is 2.04. The summed E-state index contributed by atoms with van der Waals surface area (Å²) in [4.78, 5) is 0. The molecule has 1 aromatic rings. The van der Waals surface area contributed by atoms with E-state index in [1.54, 1.807) is 0 Å². The Balaban J connectivity index is 2.69. The second-order valence-electron chi connectivity index (χ2n) is 2.79. The molecule has 0 radical (unpaired) electrons. The Bertz CT molecular complexity index is 292. The lowest BCUT2D eigenvalue weighted by molar-refractivity contribution is 0.317. The van der Waals surface area contributed by atoms with Crippen LogP contribution in [-0.4, -0.2) is 11.0 Å². The minimum Gasteiger partial charge on any atom is -0.409 e. The number of rotatable bonds is 3. The highest BCUT2D eigenvalue weighted by atomic mass is 16.4. The zero-order chi connectivity index (χ0) is 9.68. The van der Waals surface area contributed by atoms with Gasteiger partial charge in [0.05, 0.1) is 0 Å². The molecule has 0 aromatic heterocycles. The van der Waals surface area contributed by atoms with Gasteiger partial charge in [-0.3, -0.25) is 0 Å². The summed E-state index contributed by atoms with van der Waals surface area (Å²) in [6.45, 7) is 0.532. The van der Waals surface area contributed by atoms with Gasteiger partial charge in [-0.05, 0) is 11.1 Å². The van der Waals surface area contributed by atoms with E-state index in [1.165, 1.54) is 0 Å². The molecular weight excluding hydrogens is 166 g/mol. The van der Waals surface area contributed by atoms with E-state index in [0.717, 1.165) is 11.1 Å². The topological polar surface area (TPSA) is 84.6 Å². The number of hydrogen-bond donors (Lipinski definition) is 3. The standard InChI is InChI=1S/C9H13N3O/c10-6-8-3-1-7(2-4-8)5-9(11)12-13/h1-4,13H,5-6,10H2,(H2,11,12). The Hall–Kier alpha value is -1.55. The summed E-state index contributed by atoms with van der Waals surface area (Å²) in [7, 11) is 0. The number of nitrogens with zero attached hydrogens (tertiary/aromatic N) is 1. The van der Waals surface area contributed by atoms with Gasteiger partial charge in [-0.25, -0.2) is 0 Å². The molecule has 5 N–H and O–H groups in total. The van der Waals surface area contributed by atoms with Gasteiger partial charge in [0, 0.05) is 13.0 Å². The third-order valence-electron chi connectivity index (χ3n) is 1.77. The lowest BCUT2D eigenvalue weighted by Crippen LogP contribution is -2.14. The summed E-state index contributed by atoms with van der Waals surface area (Å²) in [5.74, 6) is 0.209. The number of oxime groups is 1. The molecule has 0 aliphatic carbocycles. The molecule has 0 amide bonds. The predicted molar refractivity (Wildman–Crippen MR) is 51.4 cm³/mol. The maximum atomic E-state index is 8.34. The van der Waals surface area contributed by atoms with Crippen LogP contribution in [-0.2, 0) is 13.0 Å². The average Bonchev–Trinajstić information content (AvgIpc) is 2.19. The normalized spacial score (nSPS) is 11.6. The van der Waals surface area contributed by atoms with Gasteiger partial charge in [0.1, 0.15) is 5.84 Å². The quantitative estimate of drug-likeness (QED) is 0.272. The average molecular weight is 179 g/mol. The van der Waals surface area contributed by atoms with Crippen molar-refractivity contribution in [2.75, 3.05) is 0 Å². The van der Waals surface area contributed by atoms with Crippen molar-refractivity contribution in [3.8, 4) is 0 Å². The molecule has 0 bridgehead atoms. The fourth-order valence-corrected chi connectivity index (χ4v) is 1.04. The zero-order valence-electron chi connectivity index (χ0n) is 7.27. The second kappa shape index (κ2) is 4.47. The number of hydrogen-bond acceptors (Lipinski definition) is 3. The van der Waals surface area contributed by atoms with Crippen molar-refractivity contribution in [1.29, 1.82) is 0 Å². The van der Waals surface area contributed by atoms with Gasteiger partial charge in [-0.1, -0.05) is 29.4 Å². The van der Waals surface area contributed by atoms with Crippen LogP contribution in [0.1, 0.15) is 11.1 Å². The fourth-order valence-electron chi connectivity index (χ4n) is 1.04. The van der Waals surface area contributed by atoms with Crippen LogP contribution in [0.15, 0.2) is 29.4 Å². The number of nitrogens with two attached hydrogens (primary N) is 2. The maximum Gasteiger partial charge on any atom is 0.143 e. The number of benzene rings is 1. The molecule has 0 spiro atoms. The predicted octanol–water partition coefficient (Wildman–Crippen LogP) is 0.434. The molecule has 0 atom stereocenters. The first-order chi connectivity index (χ1) is 6.26. The maximum absolute atomic E-state index is 8.34. The van der Waals surface area contributed by atoms with E-state index < -0.39 is 0 Å². The van der Waals surface area contributed by atoms with E-state index >= 15 is 0 Å². The van der Waals surface area contributed by atoms with Gasteiger partial charge < -0.3 is 16.7 Å². The third-order valence-corrected chi connectivity index (χ3v) is 1.77. The largest absolute Gasteiger partial charge is 0.409 e. The summed E-state index contributed by atoms with van der Waals surface area (Å²) in [6.07, 6.45) is 0.460. The van der Waals surface area contributed by atoms with Gasteiger partial charge in [0.15, 0.2) is 0 Å². The van der Waals surface area contributed by atoms with E-state index in [2.05, 4.69) is 5.16 Å². The second-order valence-corrected chi connectivity index (χ2v) is 2.79. The zero-order valence-corrected chi connectivity index (χ0v) is 7.27. The molecule has 0 unspecified atom stereocenters. The van der Waals surface area contributed by atoms with Crippen molar-refractivity contribution in [3.63, 3.8) is 0 Å². The Kier molecular flexibility index (Phi) is 3.28. The summed E-state index contributed by atoms with van der Waals surface area (Å²) >= 11 is 0. The van der Waals surface area contributed by atoms with Crippen molar-refractivity contribution in [2.45, 2.75) is 13.0 Å². The van der Waals surface area contributed by atoms with Gasteiger partial charge in [-0.2, -0.15) is 0 Å². The van der Waals surface area contributed by atoms with E-state index in [9.17, 15) is 0 Å². The summed E-state index contributed by atoms with van der Waals surface area (Å²) in [5, 5.41) is 11.2. The summed E-state index contributed by atoms with van der Waals surface area (Å²) in [6, 6.07) is 7.69. The first-order valence-electron chi connectivity index (χ1n) is 4.00. The molecule has 1 aromatic carbocycles. The van der Waals surface area contributed by atoms with Gasteiger partial charge >= 0.3 is 0 Å². The molecule has 4 heteroatoms. The van der Waals surface area contributed by atoms with E-state index in [1.807, 2.05) is 24.3 Å². The van der Waals surface area contributed by atoms with Crippen molar-refractivity contribution >= 4 is 5.84 Å². The van der Waals surface area contributed by atoms with Crippen LogP contribution < -0.4 is 11.5 Å². The molecule has 13 heavy (non-hydrogen) atoms. The first-order valence-corrected chi connectivity index (χ1v) is 4.00. The molecule has 4 nitrogen and oxygen atoms in total. The highest BCUT2D eigenvalue weighted by Gasteiger charge is 1.96. The Morgan fingerprint density at radius 2 is 1.77 bits per heavy atom. The summed E-state index contributed by atoms with van der Waals surface area (Å²) < 4.78 is 0. The fraction of sp³-hybridized carbons (Fsp3) is 0.222. The molecule has 1 rings (SSSR count). The van der Waals surface area contributed by atoms with E-state index in [4.69, 9.17) is 16.7 Å². The van der Waals surface area contributed by atoms with Gasteiger partial charge in [0.2, 0.25) is 0 Å². The SMILES string of the molecule is NCc1ccc(CC(N)=NO)cc1. The smallest absolute Gasteiger partial charge is 0.143 e. The van der Waals surface area contributed by atoms with Crippen molar-refractivity contribution < 1.29 is 5.21 Å². The number of amidine groups is 1. The van der Waals surface area contributed by atoms with Gasteiger partial charge in [-0.15, -0.1) is 0 Å². The molecular formula is C9H13N3O. The third kappa shape index (κ3) is 2.76. The van der Waals surface area contributed by atoms with Crippen LogP contribution in [0.25, 0.3) is 0 Å². The van der Waals surface area contributed by atoms with Crippen molar-refractivity contribution in [1.82, 2.24) is 0 Å². The first kappa shape index (κ1) is 9.54. The molecule has 70 valence electrons. The molecule has 0 fully saturated rings. The monoisotopic (exact) mass is 179 g/mol. The Morgan fingerprint density at radius 3 is 2.23 bits per heavy atom. The molecule has 0 aliphatic rings. The van der Waals surface area contributed by atoms with Crippen LogP contribution in [0, 0.1) is 0 Å². The summed E-state index contributed by atoms with van der Waals surface area (Å²) in [5.41, 5.74) is 12.9. The minimum absolute atomic E-state index is 0.209. The molecule has 0 heterocycles. The van der Waals surface area contributed by atoms with Crippen LogP contribution >= 0.6 is 0 Å². The molecule has 0 saturated heterocycles. The Morgan fingerprint density at radius 1 is 1.23 bits per heavy atom. The lowest BCUT2D eigenvalue weighted by atomic mass is 10.1. The van der Waals surface area contributed by atoms with Gasteiger partial charge in [0.25, 0.3) is 0 Å². The van der Waals surface area contributed by atoms with E-state index in [0.29, 0.717) is 13.0 Å².